The summed E-state index contributed by atoms with van der Waals surface area (Å²) in [5, 5.41) is 2.94. The van der Waals surface area contributed by atoms with Crippen molar-refractivity contribution in [2.24, 2.45) is 5.92 Å². The maximum absolute atomic E-state index is 12.3. The third-order valence-corrected chi connectivity index (χ3v) is 5.56. The van der Waals surface area contributed by atoms with Gasteiger partial charge in [0.15, 0.2) is 0 Å². The Bertz CT molecular complexity index is 786. The Hall–Kier alpha value is -2.33. The topological polar surface area (TPSA) is 41.6 Å². The van der Waals surface area contributed by atoms with Gasteiger partial charge in [-0.3, -0.25) is 9.69 Å². The summed E-state index contributed by atoms with van der Waals surface area (Å²) in [6, 6.07) is 14.0. The fraction of sp³-hybridized carbons (Fsp3) is 0.458. The minimum absolute atomic E-state index is 0.0530. The number of piperidine rings is 1. The van der Waals surface area contributed by atoms with E-state index in [4.69, 9.17) is 4.74 Å². The van der Waals surface area contributed by atoms with Gasteiger partial charge in [0.2, 0.25) is 0 Å². The van der Waals surface area contributed by atoms with Crippen LogP contribution in [0.5, 0.6) is 5.75 Å². The summed E-state index contributed by atoms with van der Waals surface area (Å²) in [6.07, 6.45) is 2.62. The van der Waals surface area contributed by atoms with Gasteiger partial charge >= 0.3 is 0 Å². The smallest absolute Gasteiger partial charge is 0.251 e. The van der Waals surface area contributed by atoms with Crippen molar-refractivity contribution in [2.75, 3.05) is 26.2 Å². The molecule has 4 nitrogen and oxygen atoms in total. The minimum atomic E-state index is -0.0530. The van der Waals surface area contributed by atoms with E-state index in [-0.39, 0.29) is 5.91 Å². The van der Waals surface area contributed by atoms with Gasteiger partial charge in [-0.2, -0.15) is 0 Å². The van der Waals surface area contributed by atoms with Crippen LogP contribution < -0.4 is 10.1 Å². The summed E-state index contributed by atoms with van der Waals surface area (Å²) in [6.45, 7) is 10.7. The number of ether oxygens (including phenoxy) is 1. The van der Waals surface area contributed by atoms with Gasteiger partial charge in [-0.05, 0) is 74.0 Å². The van der Waals surface area contributed by atoms with Crippen LogP contribution in [0.1, 0.15) is 46.8 Å². The molecule has 1 saturated heterocycles. The molecule has 1 amide bonds. The molecule has 1 fully saturated rings. The zero-order valence-corrected chi connectivity index (χ0v) is 17.3. The molecule has 1 aliphatic rings. The molecule has 150 valence electrons. The lowest BCUT2D eigenvalue weighted by molar-refractivity contribution is 0.0947. The average Bonchev–Trinajstić information content (AvgIpc) is 2.69. The summed E-state index contributed by atoms with van der Waals surface area (Å²) in [5.41, 5.74) is 4.32. The van der Waals surface area contributed by atoms with Gasteiger partial charge in [0.05, 0.1) is 6.54 Å². The first-order valence-corrected chi connectivity index (χ1v) is 10.3. The molecule has 3 rings (SSSR count). The van der Waals surface area contributed by atoms with E-state index in [1.165, 1.54) is 37.1 Å². The van der Waals surface area contributed by atoms with Crippen molar-refractivity contribution in [3.63, 3.8) is 0 Å². The molecule has 0 radical (unpaired) electrons. The van der Waals surface area contributed by atoms with Gasteiger partial charge in [-0.1, -0.05) is 31.2 Å². The quantitative estimate of drug-likeness (QED) is 0.727. The van der Waals surface area contributed by atoms with Gasteiger partial charge in [-0.15, -0.1) is 0 Å². The van der Waals surface area contributed by atoms with E-state index in [1.54, 1.807) is 0 Å². The first-order chi connectivity index (χ1) is 13.5. The van der Waals surface area contributed by atoms with Gasteiger partial charge in [0.25, 0.3) is 5.91 Å². The van der Waals surface area contributed by atoms with Crippen molar-refractivity contribution in [3.05, 3.63) is 64.7 Å². The molecular formula is C24H32N2O2. The number of hydrogen-bond acceptors (Lipinski definition) is 3. The van der Waals surface area contributed by atoms with E-state index in [2.05, 4.69) is 49.2 Å². The number of hydrogen-bond donors (Lipinski definition) is 1. The molecule has 0 aromatic heterocycles. The van der Waals surface area contributed by atoms with Crippen molar-refractivity contribution in [2.45, 2.75) is 40.2 Å². The number of carbonyl (C=O) groups is 1. The molecule has 2 aromatic rings. The van der Waals surface area contributed by atoms with Crippen LogP contribution in [-0.4, -0.2) is 37.0 Å². The molecule has 1 heterocycles. The molecule has 0 bridgehead atoms. The highest BCUT2D eigenvalue weighted by atomic mass is 16.5. The number of carbonyl (C=O) groups excluding carboxylic acids is 1. The predicted octanol–water partition coefficient (Wildman–Crippen LogP) is 4.34. The fourth-order valence-corrected chi connectivity index (χ4v) is 3.76. The van der Waals surface area contributed by atoms with E-state index in [1.807, 2.05) is 24.3 Å². The SMILES string of the molecule is Cc1cccc(OCCNC(=O)c2ccc(CN3CCC[C@@H](C)C3)cc2)c1C. The molecule has 28 heavy (non-hydrogen) atoms. The van der Waals surface area contributed by atoms with Crippen molar-refractivity contribution >= 4 is 5.91 Å². The predicted molar refractivity (Wildman–Crippen MR) is 114 cm³/mol. The fourth-order valence-electron chi connectivity index (χ4n) is 3.76. The summed E-state index contributed by atoms with van der Waals surface area (Å²) in [5.74, 6) is 1.61. The molecule has 0 spiro atoms. The molecule has 2 aromatic carbocycles. The lowest BCUT2D eigenvalue weighted by atomic mass is 9.99. The Morgan fingerprint density at radius 3 is 2.71 bits per heavy atom. The van der Waals surface area contributed by atoms with Gasteiger partial charge in [-0.25, -0.2) is 0 Å². The second-order valence-electron chi connectivity index (χ2n) is 7.98. The zero-order valence-electron chi connectivity index (χ0n) is 17.3. The highest BCUT2D eigenvalue weighted by molar-refractivity contribution is 5.94. The number of amides is 1. The Morgan fingerprint density at radius 1 is 1.18 bits per heavy atom. The van der Waals surface area contributed by atoms with Gasteiger partial charge < -0.3 is 10.1 Å². The molecule has 4 heteroatoms. The van der Waals surface area contributed by atoms with Crippen molar-refractivity contribution in [1.29, 1.82) is 0 Å². The molecule has 1 atom stereocenters. The van der Waals surface area contributed by atoms with Crippen LogP contribution in [0.3, 0.4) is 0 Å². The van der Waals surface area contributed by atoms with Crippen LogP contribution in [0.25, 0.3) is 0 Å². The Morgan fingerprint density at radius 2 is 1.96 bits per heavy atom. The highest BCUT2D eigenvalue weighted by Gasteiger charge is 2.16. The number of rotatable bonds is 7. The summed E-state index contributed by atoms with van der Waals surface area (Å²) < 4.78 is 5.80. The van der Waals surface area contributed by atoms with Crippen LogP contribution in [0.15, 0.2) is 42.5 Å². The Balaban J connectivity index is 1.43. The second-order valence-corrected chi connectivity index (χ2v) is 7.98. The maximum atomic E-state index is 12.3. The van der Waals surface area contributed by atoms with Crippen LogP contribution in [-0.2, 0) is 6.54 Å². The summed E-state index contributed by atoms with van der Waals surface area (Å²) in [4.78, 5) is 14.9. The van der Waals surface area contributed by atoms with Crippen molar-refractivity contribution in [3.8, 4) is 5.75 Å². The highest BCUT2D eigenvalue weighted by Crippen LogP contribution is 2.20. The minimum Gasteiger partial charge on any atom is -0.491 e. The molecule has 0 unspecified atom stereocenters. The van der Waals surface area contributed by atoms with Crippen molar-refractivity contribution < 1.29 is 9.53 Å². The van der Waals surface area contributed by atoms with Gasteiger partial charge in [0, 0.05) is 18.7 Å². The first-order valence-electron chi connectivity index (χ1n) is 10.3. The average molecular weight is 381 g/mol. The largest absolute Gasteiger partial charge is 0.491 e. The second kappa shape index (κ2) is 9.74. The van der Waals surface area contributed by atoms with E-state index in [0.717, 1.165) is 23.8 Å². The summed E-state index contributed by atoms with van der Waals surface area (Å²) in [7, 11) is 0. The molecule has 0 aliphatic carbocycles. The number of nitrogens with one attached hydrogen (secondary N) is 1. The normalized spacial score (nSPS) is 17.3. The van der Waals surface area contributed by atoms with Gasteiger partial charge in [0.1, 0.15) is 12.4 Å². The van der Waals surface area contributed by atoms with Crippen LogP contribution in [0, 0.1) is 19.8 Å². The van der Waals surface area contributed by atoms with Crippen molar-refractivity contribution in [1.82, 2.24) is 10.2 Å². The summed E-state index contributed by atoms with van der Waals surface area (Å²) >= 11 is 0. The lowest BCUT2D eigenvalue weighted by Gasteiger charge is -2.30. The molecule has 1 aliphatic heterocycles. The van der Waals surface area contributed by atoms with Crippen LogP contribution in [0.2, 0.25) is 0 Å². The van der Waals surface area contributed by atoms with Crippen LogP contribution >= 0.6 is 0 Å². The zero-order chi connectivity index (χ0) is 19.9. The number of aryl methyl sites for hydroxylation is 1. The molecule has 1 N–H and O–H groups in total. The van der Waals surface area contributed by atoms with Crippen LogP contribution in [0.4, 0.5) is 0 Å². The number of likely N-dealkylation sites (tertiary alicyclic amines) is 1. The molecular weight excluding hydrogens is 348 g/mol. The van der Waals surface area contributed by atoms with E-state index in [9.17, 15) is 4.79 Å². The standard InChI is InChI=1S/C24H32N2O2/c1-18-6-5-14-26(16-18)17-21-9-11-22(12-10-21)24(27)25-13-15-28-23-8-4-7-19(2)20(23)3/h4,7-12,18H,5-6,13-17H2,1-3H3,(H,25,27)/t18-/m1/s1. The first kappa shape index (κ1) is 20.4. The Kier molecular flexibility index (Phi) is 7.10. The number of benzene rings is 2. The number of nitrogens with zero attached hydrogens (tertiary/aromatic N) is 1. The van der Waals surface area contributed by atoms with E-state index < -0.39 is 0 Å². The monoisotopic (exact) mass is 380 g/mol. The van der Waals surface area contributed by atoms with E-state index in [0.29, 0.717) is 18.7 Å². The molecule has 0 saturated carbocycles. The third-order valence-electron chi connectivity index (χ3n) is 5.56. The lowest BCUT2D eigenvalue weighted by Crippen LogP contribution is -2.33. The third kappa shape index (κ3) is 5.59. The maximum Gasteiger partial charge on any atom is 0.251 e. The Labute approximate surface area is 168 Å². The van der Waals surface area contributed by atoms with E-state index >= 15 is 0 Å².